The van der Waals surface area contributed by atoms with Crippen molar-refractivity contribution >= 4 is 23.2 Å². The third-order valence-electron chi connectivity index (χ3n) is 4.75. The summed E-state index contributed by atoms with van der Waals surface area (Å²) in [5, 5.41) is 5.66. The number of carbonyl (C=O) groups excluding carboxylic acids is 2. The second-order valence-corrected chi connectivity index (χ2v) is 7.17. The first-order chi connectivity index (χ1) is 14.4. The molecule has 0 radical (unpaired) electrons. The highest BCUT2D eigenvalue weighted by Gasteiger charge is 2.18. The molecule has 30 heavy (non-hydrogen) atoms. The maximum Gasteiger partial charge on any atom is 0.258 e. The molecule has 6 heteroatoms. The summed E-state index contributed by atoms with van der Waals surface area (Å²) >= 11 is 0. The lowest BCUT2D eigenvalue weighted by atomic mass is 10.1. The zero-order chi connectivity index (χ0) is 21.7. The molecule has 1 unspecified atom stereocenters. The van der Waals surface area contributed by atoms with Gasteiger partial charge in [-0.15, -0.1) is 0 Å². The van der Waals surface area contributed by atoms with Crippen LogP contribution in [0, 0.1) is 5.82 Å². The van der Waals surface area contributed by atoms with Crippen LogP contribution in [0.5, 0.6) is 0 Å². The molecule has 3 rings (SSSR count). The van der Waals surface area contributed by atoms with E-state index in [1.54, 1.807) is 24.3 Å². The summed E-state index contributed by atoms with van der Waals surface area (Å²) in [5.41, 5.74) is 2.45. The number of carbonyl (C=O) groups is 2. The molecule has 0 fully saturated rings. The average molecular weight is 405 g/mol. The Kier molecular flexibility index (Phi) is 6.47. The molecule has 1 atom stereocenters. The second-order valence-electron chi connectivity index (χ2n) is 7.17. The van der Waals surface area contributed by atoms with Gasteiger partial charge in [-0.25, -0.2) is 4.39 Å². The number of nitrogens with zero attached hydrogens (tertiary/aromatic N) is 1. The lowest BCUT2D eigenvalue weighted by Crippen LogP contribution is -2.28. The van der Waals surface area contributed by atoms with Gasteiger partial charge in [-0.3, -0.25) is 9.59 Å². The Bertz CT molecular complexity index is 1050. The van der Waals surface area contributed by atoms with Crippen molar-refractivity contribution in [2.45, 2.75) is 13.0 Å². The molecular weight excluding hydrogens is 381 g/mol. The van der Waals surface area contributed by atoms with Crippen molar-refractivity contribution in [3.05, 3.63) is 95.3 Å². The summed E-state index contributed by atoms with van der Waals surface area (Å²) in [7, 11) is 3.68. The molecule has 0 aromatic heterocycles. The minimum Gasteiger partial charge on any atom is -0.377 e. The highest BCUT2D eigenvalue weighted by Crippen LogP contribution is 2.25. The van der Waals surface area contributed by atoms with Crippen LogP contribution in [0.2, 0.25) is 0 Å². The quantitative estimate of drug-likeness (QED) is 0.628. The number of nitrogens with one attached hydrogen (secondary N) is 2. The van der Waals surface area contributed by atoms with Gasteiger partial charge in [-0.1, -0.05) is 42.5 Å². The van der Waals surface area contributed by atoms with Crippen molar-refractivity contribution in [3.63, 3.8) is 0 Å². The van der Waals surface area contributed by atoms with Gasteiger partial charge in [0, 0.05) is 25.5 Å². The Balaban J connectivity index is 1.85. The van der Waals surface area contributed by atoms with Gasteiger partial charge >= 0.3 is 0 Å². The van der Waals surface area contributed by atoms with Gasteiger partial charge in [0.25, 0.3) is 11.8 Å². The van der Waals surface area contributed by atoms with Crippen LogP contribution in [-0.2, 0) is 0 Å². The van der Waals surface area contributed by atoms with Gasteiger partial charge in [-0.05, 0) is 42.8 Å². The largest absolute Gasteiger partial charge is 0.377 e. The normalized spacial score (nSPS) is 11.5. The Hall–Kier alpha value is -3.67. The standard InChI is InChI=1S/C24H24FN3O2/c1-16(17-9-5-4-6-10-17)26-24(30)20-15-18(13-14-22(20)28(2)3)27-23(29)19-11-7-8-12-21(19)25/h4-16H,1-3H3,(H,26,30)(H,27,29). The second kappa shape index (κ2) is 9.22. The van der Waals surface area contributed by atoms with Crippen LogP contribution in [0.4, 0.5) is 15.8 Å². The summed E-state index contributed by atoms with van der Waals surface area (Å²) in [6.45, 7) is 1.91. The van der Waals surface area contributed by atoms with E-state index in [-0.39, 0.29) is 17.5 Å². The van der Waals surface area contributed by atoms with Crippen molar-refractivity contribution in [1.82, 2.24) is 5.32 Å². The van der Waals surface area contributed by atoms with Crippen molar-refractivity contribution in [2.75, 3.05) is 24.3 Å². The minimum absolute atomic E-state index is 0.0575. The van der Waals surface area contributed by atoms with Gasteiger partial charge in [-0.2, -0.15) is 0 Å². The van der Waals surface area contributed by atoms with Crippen molar-refractivity contribution in [2.24, 2.45) is 0 Å². The topological polar surface area (TPSA) is 61.4 Å². The van der Waals surface area contributed by atoms with Crippen LogP contribution in [0.3, 0.4) is 0 Å². The molecule has 0 bridgehead atoms. The molecular formula is C24H24FN3O2. The van der Waals surface area contributed by atoms with E-state index in [4.69, 9.17) is 0 Å². The SMILES string of the molecule is CC(NC(=O)c1cc(NC(=O)c2ccccc2F)ccc1N(C)C)c1ccccc1. The zero-order valence-corrected chi connectivity index (χ0v) is 17.1. The van der Waals surface area contributed by atoms with E-state index in [2.05, 4.69) is 10.6 Å². The predicted octanol–water partition coefficient (Wildman–Crippen LogP) is 4.64. The Labute approximate surface area is 175 Å². The summed E-state index contributed by atoms with van der Waals surface area (Å²) in [4.78, 5) is 27.3. The van der Waals surface area contributed by atoms with Gasteiger partial charge in [0.1, 0.15) is 5.82 Å². The maximum atomic E-state index is 13.9. The molecule has 0 aliphatic rings. The van der Waals surface area contributed by atoms with Crippen LogP contribution in [0.25, 0.3) is 0 Å². The first-order valence-corrected chi connectivity index (χ1v) is 9.60. The molecule has 0 aliphatic heterocycles. The van der Waals surface area contributed by atoms with Crippen LogP contribution < -0.4 is 15.5 Å². The van der Waals surface area contributed by atoms with Gasteiger partial charge in [0.2, 0.25) is 0 Å². The van der Waals surface area contributed by atoms with E-state index in [0.29, 0.717) is 16.9 Å². The molecule has 3 aromatic carbocycles. The first kappa shape index (κ1) is 21.0. The average Bonchev–Trinajstić information content (AvgIpc) is 2.74. The summed E-state index contributed by atoms with van der Waals surface area (Å²) in [5.74, 6) is -1.44. The number of hydrogen-bond donors (Lipinski definition) is 2. The van der Waals surface area contributed by atoms with Crippen molar-refractivity contribution < 1.29 is 14.0 Å². The fourth-order valence-corrected chi connectivity index (χ4v) is 3.13. The highest BCUT2D eigenvalue weighted by atomic mass is 19.1. The fraction of sp³-hybridized carbons (Fsp3) is 0.167. The van der Waals surface area contributed by atoms with Crippen LogP contribution >= 0.6 is 0 Å². The highest BCUT2D eigenvalue weighted by molar-refractivity contribution is 6.06. The number of hydrogen-bond acceptors (Lipinski definition) is 3. The van der Waals surface area contributed by atoms with Crippen molar-refractivity contribution in [3.8, 4) is 0 Å². The van der Waals surface area contributed by atoms with E-state index in [9.17, 15) is 14.0 Å². The maximum absolute atomic E-state index is 13.9. The Morgan fingerprint density at radius 1 is 0.867 bits per heavy atom. The number of anilines is 2. The first-order valence-electron chi connectivity index (χ1n) is 9.60. The third kappa shape index (κ3) is 4.84. The molecule has 2 N–H and O–H groups in total. The molecule has 0 saturated heterocycles. The van der Waals surface area contributed by atoms with Crippen LogP contribution in [0.15, 0.2) is 72.8 Å². The van der Waals surface area contributed by atoms with E-state index in [1.165, 1.54) is 18.2 Å². The summed E-state index contributed by atoms with van der Waals surface area (Å²) in [6.07, 6.45) is 0. The third-order valence-corrected chi connectivity index (χ3v) is 4.75. The predicted molar refractivity (Wildman–Crippen MR) is 117 cm³/mol. The lowest BCUT2D eigenvalue weighted by Gasteiger charge is -2.20. The molecule has 0 spiro atoms. The molecule has 154 valence electrons. The fourth-order valence-electron chi connectivity index (χ4n) is 3.13. The van der Waals surface area contributed by atoms with E-state index in [1.807, 2.05) is 56.3 Å². The molecule has 3 aromatic rings. The van der Waals surface area contributed by atoms with Crippen LogP contribution in [-0.4, -0.2) is 25.9 Å². The minimum atomic E-state index is -0.602. The number of amides is 2. The lowest BCUT2D eigenvalue weighted by molar-refractivity contribution is 0.0939. The van der Waals surface area contributed by atoms with E-state index >= 15 is 0 Å². The molecule has 2 amide bonds. The van der Waals surface area contributed by atoms with E-state index in [0.717, 1.165) is 5.56 Å². The van der Waals surface area contributed by atoms with Gasteiger partial charge in [0.15, 0.2) is 0 Å². The van der Waals surface area contributed by atoms with Crippen molar-refractivity contribution in [1.29, 1.82) is 0 Å². The number of benzene rings is 3. The van der Waals surface area contributed by atoms with Crippen LogP contribution in [0.1, 0.15) is 39.2 Å². The number of halogens is 1. The number of rotatable bonds is 6. The zero-order valence-electron chi connectivity index (χ0n) is 17.1. The monoisotopic (exact) mass is 405 g/mol. The van der Waals surface area contributed by atoms with Gasteiger partial charge in [0.05, 0.1) is 17.2 Å². The Morgan fingerprint density at radius 2 is 1.53 bits per heavy atom. The molecule has 5 nitrogen and oxygen atoms in total. The summed E-state index contributed by atoms with van der Waals surface area (Å²) < 4.78 is 13.9. The molecule has 0 saturated carbocycles. The van der Waals surface area contributed by atoms with E-state index < -0.39 is 11.7 Å². The molecule has 0 heterocycles. The van der Waals surface area contributed by atoms with Gasteiger partial charge < -0.3 is 15.5 Å². The summed E-state index contributed by atoms with van der Waals surface area (Å²) in [6, 6.07) is 20.3. The smallest absolute Gasteiger partial charge is 0.258 e. The molecule has 0 aliphatic carbocycles. The Morgan fingerprint density at radius 3 is 2.20 bits per heavy atom.